The van der Waals surface area contributed by atoms with Crippen molar-refractivity contribution in [3.05, 3.63) is 34.9 Å². The van der Waals surface area contributed by atoms with E-state index in [-0.39, 0.29) is 17.7 Å². The number of hydrogen-bond acceptors (Lipinski definition) is 3. The van der Waals surface area contributed by atoms with E-state index in [9.17, 15) is 14.4 Å². The minimum absolute atomic E-state index is 0.172. The predicted molar refractivity (Wildman–Crippen MR) is 330 cm³/mol. The summed E-state index contributed by atoms with van der Waals surface area (Å²) in [6.07, 6.45) is 61.1. The average molecular weight is 1050 g/mol. The van der Waals surface area contributed by atoms with Gasteiger partial charge in [-0.25, -0.2) is 0 Å². The number of nitrogens with one attached hydrogen (secondary N) is 3. The summed E-state index contributed by atoms with van der Waals surface area (Å²) in [5.74, 6) is 0.785. The van der Waals surface area contributed by atoms with Crippen molar-refractivity contribution < 1.29 is 14.4 Å². The molecule has 0 radical (unpaired) electrons. The molecule has 6 heteroatoms. The Morgan fingerprint density at radius 2 is 0.400 bits per heavy atom. The molecule has 0 aliphatic heterocycles. The maximum absolute atomic E-state index is 14.3. The van der Waals surface area contributed by atoms with Gasteiger partial charge in [-0.1, -0.05) is 311 Å². The summed E-state index contributed by atoms with van der Waals surface area (Å²) in [6.45, 7) is 15.6. The summed E-state index contributed by atoms with van der Waals surface area (Å²) in [6, 6.07) is 5.27. The van der Waals surface area contributed by atoms with Crippen molar-refractivity contribution in [1.82, 2.24) is 16.0 Å². The predicted octanol–water partition coefficient (Wildman–Crippen LogP) is 21.6. The first-order chi connectivity index (χ1) is 36.8. The van der Waals surface area contributed by atoms with E-state index in [0.29, 0.717) is 54.1 Å². The molecule has 6 nitrogen and oxygen atoms in total. The number of carbonyl (C=O) groups is 3. The lowest BCUT2D eigenvalue weighted by Gasteiger charge is -2.20. The zero-order valence-corrected chi connectivity index (χ0v) is 51.3. The first kappa shape index (κ1) is 70.6. The maximum atomic E-state index is 14.3. The van der Waals surface area contributed by atoms with Gasteiger partial charge in [-0.15, -0.1) is 0 Å². The molecule has 0 saturated heterocycles. The molecule has 438 valence electrons. The summed E-state index contributed by atoms with van der Waals surface area (Å²) in [5, 5.41) is 10.0. The van der Waals surface area contributed by atoms with Crippen LogP contribution in [-0.4, -0.2) is 37.4 Å². The minimum Gasteiger partial charge on any atom is -0.352 e. The molecular weight excluding hydrogens is 919 g/mol. The van der Waals surface area contributed by atoms with Crippen LogP contribution < -0.4 is 16.0 Å². The van der Waals surface area contributed by atoms with Crippen molar-refractivity contribution in [3.63, 3.8) is 0 Å². The van der Waals surface area contributed by atoms with E-state index < -0.39 is 0 Å². The smallest absolute Gasteiger partial charge is 0.251 e. The molecule has 0 aliphatic rings. The van der Waals surface area contributed by atoms with Crippen LogP contribution in [0.2, 0.25) is 0 Å². The van der Waals surface area contributed by atoms with Crippen LogP contribution >= 0.6 is 0 Å². The Morgan fingerprint density at radius 1 is 0.253 bits per heavy atom. The van der Waals surface area contributed by atoms with Crippen LogP contribution in [0.15, 0.2) is 18.2 Å². The van der Waals surface area contributed by atoms with Gasteiger partial charge in [-0.05, 0) is 74.5 Å². The van der Waals surface area contributed by atoms with E-state index in [4.69, 9.17) is 0 Å². The first-order valence-corrected chi connectivity index (χ1v) is 33.8. The summed E-state index contributed by atoms with van der Waals surface area (Å²) < 4.78 is 0. The highest BCUT2D eigenvalue weighted by Gasteiger charge is 2.20. The van der Waals surface area contributed by atoms with Crippen molar-refractivity contribution in [2.45, 2.75) is 350 Å². The zero-order chi connectivity index (χ0) is 54.5. The van der Waals surface area contributed by atoms with Gasteiger partial charge in [0, 0.05) is 36.3 Å². The average Bonchev–Trinajstić information content (AvgIpc) is 3.42. The van der Waals surface area contributed by atoms with Gasteiger partial charge >= 0.3 is 0 Å². The van der Waals surface area contributed by atoms with Gasteiger partial charge < -0.3 is 16.0 Å². The summed E-state index contributed by atoms with van der Waals surface area (Å²) in [7, 11) is 0. The third kappa shape index (κ3) is 42.3. The number of hydrogen-bond donors (Lipinski definition) is 3. The van der Waals surface area contributed by atoms with Crippen LogP contribution in [0.25, 0.3) is 0 Å². The topological polar surface area (TPSA) is 87.3 Å². The van der Waals surface area contributed by atoms with Gasteiger partial charge in [0.1, 0.15) is 0 Å². The Labute approximate surface area is 468 Å². The molecule has 0 fully saturated rings. The van der Waals surface area contributed by atoms with Crippen molar-refractivity contribution in [2.24, 2.45) is 17.8 Å². The molecule has 3 unspecified atom stereocenters. The molecule has 75 heavy (non-hydrogen) atoms. The van der Waals surface area contributed by atoms with Crippen LogP contribution in [0, 0.1) is 17.8 Å². The summed E-state index contributed by atoms with van der Waals surface area (Å²) >= 11 is 0. The number of unbranched alkanes of at least 4 members (excludes halogenated alkanes) is 36. The highest BCUT2D eigenvalue weighted by atomic mass is 16.2. The van der Waals surface area contributed by atoms with E-state index in [0.717, 1.165) is 38.5 Å². The van der Waals surface area contributed by atoms with E-state index in [1.807, 2.05) is 0 Å². The first-order valence-electron chi connectivity index (χ1n) is 33.8. The fourth-order valence-corrected chi connectivity index (χ4v) is 11.4. The Hall–Kier alpha value is -2.37. The summed E-state index contributed by atoms with van der Waals surface area (Å²) in [4.78, 5) is 43.0. The van der Waals surface area contributed by atoms with Gasteiger partial charge in [0.2, 0.25) is 0 Å². The molecule has 0 spiro atoms. The third-order valence-corrected chi connectivity index (χ3v) is 16.7. The molecule has 3 amide bonds. The Morgan fingerprint density at radius 3 is 0.560 bits per heavy atom. The number of amides is 3. The SMILES string of the molecule is CCCCCCCCCCC(CCCCCCCC)CNC(=O)c1cc(C(=O)NCC(CCCCCCCC)CCCCCCCCCC)cc(C(=O)NCC(CCCCCCCC)CCCCCCCCCC)c1. The van der Waals surface area contributed by atoms with Crippen LogP contribution in [0.1, 0.15) is 381 Å². The molecule has 0 aliphatic carbocycles. The molecule has 1 aromatic rings. The standard InChI is InChI=1S/C69H129N3O3/c1-7-13-19-25-31-34-40-46-52-61(49-43-37-28-22-16-10-4)58-70-67(73)64-55-65(68(74)71-59-62(50-44-38-29-23-17-11-5)53-47-41-35-32-26-20-14-8-2)57-66(56-64)69(75)72-60-63(51-45-39-30-24-18-12-6)54-48-42-36-33-27-21-15-9-3/h55-57,61-63H,7-54,58-60H2,1-6H3,(H,70,73)(H,71,74)(H,72,75). The van der Waals surface area contributed by atoms with Gasteiger partial charge in [0.05, 0.1) is 0 Å². The monoisotopic (exact) mass is 1050 g/mol. The molecule has 0 heterocycles. The van der Waals surface area contributed by atoms with Gasteiger partial charge in [0.25, 0.3) is 17.7 Å². The number of benzene rings is 1. The largest absolute Gasteiger partial charge is 0.352 e. The van der Waals surface area contributed by atoms with Crippen LogP contribution in [0.5, 0.6) is 0 Å². The van der Waals surface area contributed by atoms with Crippen LogP contribution in [-0.2, 0) is 0 Å². The van der Waals surface area contributed by atoms with Gasteiger partial charge in [-0.2, -0.15) is 0 Å². The molecule has 1 aromatic carbocycles. The van der Waals surface area contributed by atoms with Crippen molar-refractivity contribution >= 4 is 17.7 Å². The van der Waals surface area contributed by atoms with Crippen LogP contribution in [0.4, 0.5) is 0 Å². The van der Waals surface area contributed by atoms with Crippen LogP contribution in [0.3, 0.4) is 0 Å². The third-order valence-electron chi connectivity index (χ3n) is 16.7. The number of carbonyl (C=O) groups excluding carboxylic acids is 3. The van der Waals surface area contributed by atoms with E-state index in [2.05, 4.69) is 57.5 Å². The minimum atomic E-state index is -0.172. The van der Waals surface area contributed by atoms with E-state index in [1.54, 1.807) is 18.2 Å². The van der Waals surface area contributed by atoms with Gasteiger partial charge in [-0.3, -0.25) is 14.4 Å². The lowest BCUT2D eigenvalue weighted by atomic mass is 9.93. The normalized spacial score (nSPS) is 12.7. The second-order valence-electron chi connectivity index (χ2n) is 24.0. The second-order valence-corrected chi connectivity index (χ2v) is 24.0. The molecule has 0 bridgehead atoms. The summed E-state index contributed by atoms with van der Waals surface area (Å²) in [5.41, 5.74) is 1.26. The fourth-order valence-electron chi connectivity index (χ4n) is 11.4. The second kappa shape index (κ2) is 53.6. The zero-order valence-electron chi connectivity index (χ0n) is 51.3. The Bertz CT molecular complexity index is 1250. The highest BCUT2D eigenvalue weighted by Crippen LogP contribution is 2.24. The Balaban J connectivity index is 3.32. The van der Waals surface area contributed by atoms with Crippen molar-refractivity contribution in [2.75, 3.05) is 19.6 Å². The fraction of sp³-hybridized carbons (Fsp3) is 0.870. The van der Waals surface area contributed by atoms with E-state index >= 15 is 0 Å². The Kier molecular flexibility index (Phi) is 50.5. The molecule has 3 N–H and O–H groups in total. The quantitative estimate of drug-likeness (QED) is 0.0568. The molecular formula is C69H129N3O3. The molecule has 1 rings (SSSR count). The lowest BCUT2D eigenvalue weighted by molar-refractivity contribution is 0.0944. The molecule has 0 aromatic heterocycles. The van der Waals surface area contributed by atoms with Crippen molar-refractivity contribution in [3.8, 4) is 0 Å². The molecule has 0 saturated carbocycles. The maximum Gasteiger partial charge on any atom is 0.251 e. The van der Waals surface area contributed by atoms with Gasteiger partial charge in [0.15, 0.2) is 0 Å². The molecule has 3 atom stereocenters. The van der Waals surface area contributed by atoms with E-state index in [1.165, 1.54) is 270 Å². The highest BCUT2D eigenvalue weighted by molar-refractivity contribution is 6.04. The van der Waals surface area contributed by atoms with Crippen molar-refractivity contribution in [1.29, 1.82) is 0 Å². The number of rotatable bonds is 57. The lowest BCUT2D eigenvalue weighted by Crippen LogP contribution is -2.33.